The van der Waals surface area contributed by atoms with Crippen LogP contribution < -0.4 is 0 Å². The van der Waals surface area contributed by atoms with Crippen LogP contribution in [-0.2, 0) is 6.54 Å². The number of aromatic hydroxyl groups is 1. The van der Waals surface area contributed by atoms with Gasteiger partial charge in [0, 0.05) is 34.6 Å². The van der Waals surface area contributed by atoms with Gasteiger partial charge in [0.25, 0.3) is 5.92 Å². The van der Waals surface area contributed by atoms with Gasteiger partial charge in [-0.25, -0.2) is 8.78 Å². The highest BCUT2D eigenvalue weighted by Gasteiger charge is 2.43. The molecule has 0 bridgehead atoms. The Hall–Kier alpha value is -2.25. The molecule has 5 nitrogen and oxygen atoms in total. The van der Waals surface area contributed by atoms with Gasteiger partial charge in [0.05, 0.1) is 12.2 Å². The molecule has 148 valence electrons. The zero-order valence-electron chi connectivity index (χ0n) is 15.7. The van der Waals surface area contributed by atoms with Gasteiger partial charge in [-0.15, -0.1) is 10.2 Å². The van der Waals surface area contributed by atoms with Crippen molar-refractivity contribution in [1.82, 2.24) is 19.7 Å². The number of alkyl halides is 2. The Morgan fingerprint density at radius 1 is 1.29 bits per heavy atom. The zero-order valence-corrected chi connectivity index (χ0v) is 16.4. The summed E-state index contributed by atoms with van der Waals surface area (Å²) in [5.74, 6) is -3.43. The highest BCUT2D eigenvalue weighted by Crippen LogP contribution is 2.36. The van der Waals surface area contributed by atoms with Crippen molar-refractivity contribution in [3.05, 3.63) is 41.0 Å². The average molecular weight is 407 g/mol. The van der Waals surface area contributed by atoms with Crippen molar-refractivity contribution in [3.8, 4) is 17.0 Å². The number of aromatic nitrogens is 3. The van der Waals surface area contributed by atoms with Crippen LogP contribution in [0.25, 0.3) is 22.3 Å². The number of hydrogen-bond donors (Lipinski definition) is 1. The monoisotopic (exact) mass is 406 g/mol. The van der Waals surface area contributed by atoms with Crippen LogP contribution in [-0.4, -0.2) is 50.8 Å². The fourth-order valence-electron chi connectivity index (χ4n) is 3.93. The average Bonchev–Trinajstić information content (AvgIpc) is 2.98. The van der Waals surface area contributed by atoms with Gasteiger partial charge in [0.1, 0.15) is 5.75 Å². The molecule has 1 fully saturated rings. The standard InChI is InChI=1S/C20H21ClF2N4O/c1-12-7-15(21)9-17(28)18(12)16-8-13-3-6-27(19(13)25-24-16)10-14-4-5-26(2)11-20(14,22)23/h3,6-9,14,28H,4-5,10-11H2,1-2H3. The lowest BCUT2D eigenvalue weighted by molar-refractivity contribution is -0.110. The third-order valence-electron chi connectivity index (χ3n) is 5.40. The van der Waals surface area contributed by atoms with Crippen molar-refractivity contribution in [2.45, 2.75) is 25.8 Å². The molecule has 1 saturated heterocycles. The van der Waals surface area contributed by atoms with Crippen LogP contribution in [0.3, 0.4) is 0 Å². The Balaban J connectivity index is 1.66. The molecule has 3 aromatic rings. The number of halogens is 3. The van der Waals surface area contributed by atoms with E-state index in [4.69, 9.17) is 11.6 Å². The number of likely N-dealkylation sites (tertiary alicyclic amines) is 1. The van der Waals surface area contributed by atoms with Gasteiger partial charge in [-0.2, -0.15) is 0 Å². The Kier molecular flexibility index (Phi) is 4.75. The van der Waals surface area contributed by atoms with Crippen molar-refractivity contribution in [2.24, 2.45) is 5.92 Å². The van der Waals surface area contributed by atoms with Gasteiger partial charge >= 0.3 is 0 Å². The van der Waals surface area contributed by atoms with E-state index in [-0.39, 0.29) is 18.8 Å². The molecule has 2 aromatic heterocycles. The largest absolute Gasteiger partial charge is 0.507 e. The number of phenols is 1. The van der Waals surface area contributed by atoms with E-state index < -0.39 is 11.8 Å². The first-order valence-electron chi connectivity index (χ1n) is 9.13. The van der Waals surface area contributed by atoms with Crippen molar-refractivity contribution in [3.63, 3.8) is 0 Å². The second-order valence-electron chi connectivity index (χ2n) is 7.58. The Morgan fingerprint density at radius 2 is 2.07 bits per heavy atom. The number of rotatable bonds is 3. The van der Waals surface area contributed by atoms with Gasteiger partial charge < -0.3 is 14.6 Å². The van der Waals surface area contributed by atoms with Crippen LogP contribution in [0, 0.1) is 12.8 Å². The molecule has 3 heterocycles. The molecule has 1 aliphatic rings. The Morgan fingerprint density at radius 3 is 2.79 bits per heavy atom. The molecule has 0 aliphatic carbocycles. The molecule has 8 heteroatoms. The highest BCUT2D eigenvalue weighted by molar-refractivity contribution is 6.31. The first-order valence-corrected chi connectivity index (χ1v) is 9.51. The summed E-state index contributed by atoms with van der Waals surface area (Å²) in [6.07, 6.45) is 2.21. The number of aryl methyl sites for hydroxylation is 1. The molecule has 1 aromatic carbocycles. The van der Waals surface area contributed by atoms with Crippen LogP contribution in [0.4, 0.5) is 8.78 Å². The van der Waals surface area contributed by atoms with Gasteiger partial charge in [-0.1, -0.05) is 11.6 Å². The van der Waals surface area contributed by atoms with Crippen LogP contribution in [0.15, 0.2) is 30.5 Å². The second-order valence-corrected chi connectivity index (χ2v) is 8.01. The van der Waals surface area contributed by atoms with Gasteiger partial charge in [-0.3, -0.25) is 0 Å². The van der Waals surface area contributed by atoms with E-state index in [1.807, 2.05) is 19.1 Å². The molecule has 0 saturated carbocycles. The first-order chi connectivity index (χ1) is 13.2. The fraction of sp³-hybridized carbons (Fsp3) is 0.400. The second kappa shape index (κ2) is 6.97. The Bertz CT molecular complexity index is 1010. The summed E-state index contributed by atoms with van der Waals surface area (Å²) in [5, 5.41) is 20.0. The Labute approximate surface area is 166 Å². The minimum Gasteiger partial charge on any atom is -0.507 e. The molecule has 4 rings (SSSR count). The van der Waals surface area contributed by atoms with E-state index in [0.29, 0.717) is 34.9 Å². The highest BCUT2D eigenvalue weighted by atomic mass is 35.5. The molecular formula is C20H21ClF2N4O. The van der Waals surface area contributed by atoms with E-state index >= 15 is 0 Å². The maximum Gasteiger partial charge on any atom is 0.265 e. The quantitative estimate of drug-likeness (QED) is 0.702. The van der Waals surface area contributed by atoms with Crippen LogP contribution in [0.2, 0.25) is 5.02 Å². The molecule has 1 aliphatic heterocycles. The fourth-order valence-corrected chi connectivity index (χ4v) is 4.20. The summed E-state index contributed by atoms with van der Waals surface area (Å²) in [5.41, 5.74) is 2.42. The van der Waals surface area contributed by atoms with Gasteiger partial charge in [0.2, 0.25) is 0 Å². The van der Waals surface area contributed by atoms with E-state index in [9.17, 15) is 13.9 Å². The molecule has 1 unspecified atom stereocenters. The number of benzene rings is 1. The molecule has 0 amide bonds. The number of hydrogen-bond acceptors (Lipinski definition) is 4. The molecule has 1 atom stereocenters. The first kappa shape index (κ1) is 19.1. The number of piperidine rings is 1. The van der Waals surface area contributed by atoms with E-state index in [1.54, 1.807) is 28.8 Å². The van der Waals surface area contributed by atoms with Crippen molar-refractivity contribution in [1.29, 1.82) is 0 Å². The van der Waals surface area contributed by atoms with Crippen LogP contribution in [0.5, 0.6) is 5.75 Å². The zero-order chi connectivity index (χ0) is 20.1. The summed E-state index contributed by atoms with van der Waals surface area (Å²) in [6.45, 7) is 2.47. The molecule has 1 N–H and O–H groups in total. The van der Waals surface area contributed by atoms with Crippen molar-refractivity contribution < 1.29 is 13.9 Å². The summed E-state index contributed by atoms with van der Waals surface area (Å²) in [7, 11) is 1.72. The SMILES string of the molecule is Cc1cc(Cl)cc(O)c1-c1cc2ccn(CC3CCN(C)CC3(F)F)c2nn1. The topological polar surface area (TPSA) is 54.2 Å². The lowest BCUT2D eigenvalue weighted by atomic mass is 9.93. The summed E-state index contributed by atoms with van der Waals surface area (Å²) >= 11 is 5.97. The predicted octanol–water partition coefficient (Wildman–Crippen LogP) is 4.35. The minimum absolute atomic E-state index is 0.0315. The number of nitrogens with zero attached hydrogens (tertiary/aromatic N) is 4. The maximum atomic E-state index is 14.4. The minimum atomic E-state index is -2.73. The lowest BCUT2D eigenvalue weighted by Crippen LogP contribution is -2.48. The van der Waals surface area contributed by atoms with Crippen LogP contribution in [0.1, 0.15) is 12.0 Å². The summed E-state index contributed by atoms with van der Waals surface area (Å²) in [4.78, 5) is 1.66. The van der Waals surface area contributed by atoms with Gasteiger partial charge in [-0.05, 0) is 56.8 Å². The van der Waals surface area contributed by atoms with E-state index in [0.717, 1.165) is 10.9 Å². The summed E-state index contributed by atoms with van der Waals surface area (Å²) in [6, 6.07) is 6.85. The van der Waals surface area contributed by atoms with Crippen molar-refractivity contribution in [2.75, 3.05) is 20.1 Å². The third kappa shape index (κ3) is 3.44. The third-order valence-corrected chi connectivity index (χ3v) is 5.62. The smallest absolute Gasteiger partial charge is 0.265 e. The maximum absolute atomic E-state index is 14.4. The normalized spacial score (nSPS) is 20.0. The summed E-state index contributed by atoms with van der Waals surface area (Å²) < 4.78 is 30.5. The van der Waals surface area contributed by atoms with Gasteiger partial charge in [0.15, 0.2) is 5.65 Å². The molecule has 28 heavy (non-hydrogen) atoms. The number of fused-ring (bicyclic) bond motifs is 1. The van der Waals surface area contributed by atoms with E-state index in [2.05, 4.69) is 10.2 Å². The predicted molar refractivity (Wildman–Crippen MR) is 105 cm³/mol. The molecular weight excluding hydrogens is 386 g/mol. The number of phenolic OH excluding ortho intramolecular Hbond substituents is 1. The van der Waals surface area contributed by atoms with E-state index in [1.165, 1.54) is 6.07 Å². The van der Waals surface area contributed by atoms with Crippen molar-refractivity contribution >= 4 is 22.6 Å². The molecule has 0 radical (unpaired) electrons. The lowest BCUT2D eigenvalue weighted by Gasteiger charge is -2.36. The molecule has 0 spiro atoms. The van der Waals surface area contributed by atoms with Crippen LogP contribution >= 0.6 is 11.6 Å².